The van der Waals surface area contributed by atoms with E-state index in [1.54, 1.807) is 13.0 Å². The molecule has 3 fully saturated rings. The Morgan fingerprint density at radius 1 is 0.630 bits per heavy atom. The number of aliphatic hydroxyl groups excluding tert-OH is 10. The first-order valence-electron chi connectivity index (χ1n) is 14.4. The van der Waals surface area contributed by atoms with Crippen molar-refractivity contribution in [2.24, 2.45) is 0 Å². The van der Waals surface area contributed by atoms with Gasteiger partial charge in [-0.25, -0.2) is 4.79 Å². The summed E-state index contributed by atoms with van der Waals surface area (Å²) in [4.78, 5) is 11.8. The van der Waals surface area contributed by atoms with Crippen LogP contribution >= 0.6 is 0 Å². The van der Waals surface area contributed by atoms with Crippen LogP contribution in [0, 0.1) is 6.92 Å². The molecule has 0 bridgehead atoms. The van der Waals surface area contributed by atoms with Crippen LogP contribution in [-0.4, -0.2) is 163 Å². The number of aryl methyl sites for hydroxylation is 1. The molecule has 258 valence electrons. The molecule has 3 saturated heterocycles. The second-order valence-corrected chi connectivity index (χ2v) is 11.4. The highest BCUT2D eigenvalue weighted by molar-refractivity contribution is 5.81. The van der Waals surface area contributed by atoms with Gasteiger partial charge >= 0.3 is 5.63 Å². The lowest BCUT2D eigenvalue weighted by molar-refractivity contribution is -0.339. The summed E-state index contributed by atoms with van der Waals surface area (Å²) in [5.74, 6) is 0.0962. The standard InChI is InChI=1S/C28H38O18/c1-9-4-16(30)43-12-5-10(2-3-11(9)12)42-28-25(39)22(36)19(33)15(46-28)8-41-27-24(38)21(35)18(32)14(45-27)7-40-26-23(37)20(34)17(31)13(6-29)44-26/h2-5,13-15,17-29,31-39H,6-8H2,1H3/t13?,14?,15?,17-,18-,19-,20?,21?,22?,23?,24?,25?,26+,27+,28+/m0/s1. The molecular formula is C28H38O18. The number of rotatable bonds is 9. The summed E-state index contributed by atoms with van der Waals surface area (Å²) in [5.41, 5.74) is 0.275. The van der Waals surface area contributed by atoms with Crippen molar-refractivity contribution >= 4 is 11.0 Å². The van der Waals surface area contributed by atoms with Crippen molar-refractivity contribution in [3.8, 4) is 5.75 Å². The first-order valence-corrected chi connectivity index (χ1v) is 14.4. The molecule has 1 aromatic carbocycles. The molecule has 5 rings (SSSR count). The average Bonchev–Trinajstić information content (AvgIpc) is 3.03. The minimum atomic E-state index is -1.83. The molecule has 0 amide bonds. The first-order chi connectivity index (χ1) is 21.8. The van der Waals surface area contributed by atoms with Gasteiger partial charge in [-0.3, -0.25) is 0 Å². The Labute approximate surface area is 260 Å². The summed E-state index contributed by atoms with van der Waals surface area (Å²) in [6.45, 7) is -0.178. The highest BCUT2D eigenvalue weighted by Crippen LogP contribution is 2.30. The van der Waals surface area contributed by atoms with E-state index in [4.69, 9.17) is 32.8 Å². The van der Waals surface area contributed by atoms with Crippen molar-refractivity contribution in [2.45, 2.75) is 99.0 Å². The van der Waals surface area contributed by atoms with E-state index < -0.39 is 118 Å². The topological polar surface area (TPSA) is 288 Å². The molecule has 18 nitrogen and oxygen atoms in total. The lowest BCUT2D eigenvalue weighted by Gasteiger charge is -2.43. The van der Waals surface area contributed by atoms with Crippen molar-refractivity contribution in [3.63, 3.8) is 0 Å². The lowest BCUT2D eigenvalue weighted by Crippen LogP contribution is -2.63. The van der Waals surface area contributed by atoms with Gasteiger partial charge in [0.1, 0.15) is 84.6 Å². The van der Waals surface area contributed by atoms with E-state index in [1.165, 1.54) is 18.2 Å². The van der Waals surface area contributed by atoms with Crippen LogP contribution in [0.5, 0.6) is 5.75 Å². The van der Waals surface area contributed by atoms with Crippen LogP contribution in [0.1, 0.15) is 5.56 Å². The van der Waals surface area contributed by atoms with Gasteiger partial charge in [-0.15, -0.1) is 0 Å². The van der Waals surface area contributed by atoms with Gasteiger partial charge in [0.05, 0.1) is 19.8 Å². The van der Waals surface area contributed by atoms with Gasteiger partial charge in [0.2, 0.25) is 6.29 Å². The third kappa shape index (κ3) is 7.06. The molecule has 2 aromatic rings. The van der Waals surface area contributed by atoms with Crippen molar-refractivity contribution in [2.75, 3.05) is 19.8 Å². The molecule has 0 saturated carbocycles. The zero-order chi connectivity index (χ0) is 33.4. The van der Waals surface area contributed by atoms with Gasteiger partial charge in [0, 0.05) is 17.5 Å². The van der Waals surface area contributed by atoms with E-state index in [2.05, 4.69) is 0 Å². The molecule has 3 aliphatic rings. The minimum Gasteiger partial charge on any atom is -0.462 e. The van der Waals surface area contributed by atoms with Crippen LogP contribution in [0.25, 0.3) is 11.0 Å². The van der Waals surface area contributed by atoms with Gasteiger partial charge in [0.15, 0.2) is 12.6 Å². The normalized spacial score (nSPS) is 41.8. The molecule has 15 atom stereocenters. The summed E-state index contributed by atoms with van der Waals surface area (Å²) in [6.07, 6.45) is -24.6. The lowest BCUT2D eigenvalue weighted by atomic mass is 9.98. The zero-order valence-electron chi connectivity index (χ0n) is 24.3. The fourth-order valence-electron chi connectivity index (χ4n) is 5.44. The molecule has 1 aromatic heterocycles. The molecular weight excluding hydrogens is 624 g/mol. The second-order valence-electron chi connectivity index (χ2n) is 11.4. The summed E-state index contributed by atoms with van der Waals surface area (Å²) < 4.78 is 38.2. The minimum absolute atomic E-state index is 0.0962. The fourth-order valence-corrected chi connectivity index (χ4v) is 5.44. The van der Waals surface area contributed by atoms with Crippen LogP contribution in [0.2, 0.25) is 0 Å². The Kier molecular flexibility index (Phi) is 10.9. The fraction of sp³-hybridized carbons (Fsp3) is 0.679. The number of hydrogen-bond acceptors (Lipinski definition) is 18. The quantitative estimate of drug-likeness (QED) is 0.112. The maximum absolute atomic E-state index is 11.8. The molecule has 10 N–H and O–H groups in total. The maximum Gasteiger partial charge on any atom is 0.336 e. The largest absolute Gasteiger partial charge is 0.462 e. The number of hydrogen-bond donors (Lipinski definition) is 10. The van der Waals surface area contributed by atoms with E-state index in [1.807, 2.05) is 0 Å². The van der Waals surface area contributed by atoms with E-state index in [-0.39, 0.29) is 11.3 Å². The Morgan fingerprint density at radius 2 is 1.11 bits per heavy atom. The third-order valence-corrected chi connectivity index (χ3v) is 8.21. The van der Waals surface area contributed by atoms with Crippen molar-refractivity contribution in [3.05, 3.63) is 40.2 Å². The van der Waals surface area contributed by atoms with Gasteiger partial charge < -0.3 is 83.9 Å². The predicted molar refractivity (Wildman–Crippen MR) is 147 cm³/mol. The molecule has 9 unspecified atom stereocenters. The van der Waals surface area contributed by atoms with Crippen LogP contribution in [0.15, 0.2) is 33.5 Å². The first kappa shape index (κ1) is 35.0. The Balaban J connectivity index is 1.21. The van der Waals surface area contributed by atoms with Gasteiger partial charge in [-0.05, 0) is 24.6 Å². The van der Waals surface area contributed by atoms with Crippen molar-refractivity contribution in [1.29, 1.82) is 0 Å². The predicted octanol–water partition coefficient (Wildman–Crippen LogP) is -5.07. The van der Waals surface area contributed by atoms with Crippen molar-refractivity contribution < 1.29 is 83.9 Å². The number of fused-ring (bicyclic) bond motifs is 1. The number of benzene rings is 1. The van der Waals surface area contributed by atoms with Crippen LogP contribution in [0.4, 0.5) is 0 Å². The zero-order valence-corrected chi connectivity index (χ0v) is 24.3. The molecule has 46 heavy (non-hydrogen) atoms. The number of ether oxygens (including phenoxy) is 6. The highest BCUT2D eigenvalue weighted by Gasteiger charge is 2.49. The van der Waals surface area contributed by atoms with Crippen LogP contribution in [-0.2, 0) is 23.7 Å². The van der Waals surface area contributed by atoms with E-state index in [0.29, 0.717) is 10.9 Å². The monoisotopic (exact) mass is 662 g/mol. The van der Waals surface area contributed by atoms with E-state index >= 15 is 0 Å². The summed E-state index contributed by atoms with van der Waals surface area (Å²) in [6, 6.07) is 5.83. The third-order valence-electron chi connectivity index (χ3n) is 8.21. The molecule has 0 aliphatic carbocycles. The van der Waals surface area contributed by atoms with Gasteiger partial charge in [0.25, 0.3) is 0 Å². The molecule has 4 heterocycles. The van der Waals surface area contributed by atoms with E-state index in [9.17, 15) is 55.9 Å². The van der Waals surface area contributed by atoms with E-state index in [0.717, 1.165) is 0 Å². The average molecular weight is 663 g/mol. The highest BCUT2D eigenvalue weighted by atomic mass is 16.7. The molecule has 18 heteroatoms. The number of aliphatic hydroxyl groups is 10. The summed E-state index contributed by atoms with van der Waals surface area (Å²) in [7, 11) is 0. The van der Waals surface area contributed by atoms with Crippen LogP contribution in [0.3, 0.4) is 0 Å². The maximum atomic E-state index is 11.8. The SMILES string of the molecule is Cc1cc(=O)oc2cc(O[C@@H]3OC(CO[C@@H]4OC(CO[C@@H]5OC(CO)[C@H](O)C(O)C5O)[C@H](O)C(O)C4O)[C@H](O)C(O)C3O)ccc12. The molecule has 0 spiro atoms. The van der Waals surface area contributed by atoms with Gasteiger partial charge in [-0.1, -0.05) is 0 Å². The molecule has 3 aliphatic heterocycles. The Bertz CT molecular complexity index is 1370. The van der Waals surface area contributed by atoms with Crippen LogP contribution < -0.4 is 10.4 Å². The summed E-state index contributed by atoms with van der Waals surface area (Å²) >= 11 is 0. The Hall–Kier alpha value is -2.37. The van der Waals surface area contributed by atoms with Gasteiger partial charge in [-0.2, -0.15) is 0 Å². The second kappa shape index (κ2) is 14.4. The van der Waals surface area contributed by atoms with Crippen molar-refractivity contribution in [1.82, 2.24) is 0 Å². The molecule has 0 radical (unpaired) electrons. The smallest absolute Gasteiger partial charge is 0.336 e. The summed E-state index contributed by atoms with van der Waals surface area (Å²) in [5, 5.41) is 103. The Morgan fingerprint density at radius 3 is 1.65 bits per heavy atom.